The van der Waals surface area contributed by atoms with Crippen LogP contribution in [0.3, 0.4) is 0 Å². The molecule has 1 unspecified atom stereocenters. The molecule has 5 nitrogen and oxygen atoms in total. The Labute approximate surface area is 115 Å². The van der Waals surface area contributed by atoms with Gasteiger partial charge in [-0.1, -0.05) is 13.8 Å². The second kappa shape index (κ2) is 8.82. The molecule has 0 saturated carbocycles. The minimum Gasteiger partial charge on any atom is -0.471 e. The maximum absolute atomic E-state index is 5.66. The molecule has 1 rings (SSSR count). The van der Waals surface area contributed by atoms with Crippen LogP contribution in [0.1, 0.15) is 33.4 Å². The van der Waals surface area contributed by atoms with Crippen molar-refractivity contribution in [1.82, 2.24) is 15.3 Å². The van der Waals surface area contributed by atoms with Crippen molar-refractivity contribution in [2.75, 3.05) is 19.8 Å². The van der Waals surface area contributed by atoms with Gasteiger partial charge in [0.15, 0.2) is 0 Å². The fraction of sp³-hybridized carbons (Fsp3) is 0.714. The number of rotatable bonds is 9. The molecule has 0 radical (unpaired) electrons. The normalized spacial score (nSPS) is 12.7. The molecule has 1 atom stereocenters. The van der Waals surface area contributed by atoms with E-state index < -0.39 is 0 Å². The Hall–Kier alpha value is -1.20. The third-order valence-corrected chi connectivity index (χ3v) is 2.40. The summed E-state index contributed by atoms with van der Waals surface area (Å²) in [7, 11) is 0. The zero-order chi connectivity index (χ0) is 14.1. The van der Waals surface area contributed by atoms with Crippen LogP contribution in [0.4, 0.5) is 0 Å². The van der Waals surface area contributed by atoms with Gasteiger partial charge in [-0.15, -0.1) is 0 Å². The van der Waals surface area contributed by atoms with Gasteiger partial charge >= 0.3 is 0 Å². The summed E-state index contributed by atoms with van der Waals surface area (Å²) in [4.78, 5) is 8.56. The van der Waals surface area contributed by atoms with Crippen molar-refractivity contribution in [3.8, 4) is 5.88 Å². The SMILES string of the molecule is CCOCC(C)Oc1cncc(CNCC(C)C)n1. The van der Waals surface area contributed by atoms with Gasteiger partial charge in [-0.05, 0) is 26.3 Å². The van der Waals surface area contributed by atoms with Crippen LogP contribution in [0.5, 0.6) is 5.88 Å². The zero-order valence-corrected chi connectivity index (χ0v) is 12.3. The topological polar surface area (TPSA) is 56.3 Å². The fourth-order valence-corrected chi connectivity index (χ4v) is 1.54. The minimum atomic E-state index is -0.0203. The first-order valence-corrected chi connectivity index (χ1v) is 6.87. The molecule has 0 aliphatic heterocycles. The second-order valence-electron chi connectivity index (χ2n) is 4.96. The number of nitrogens with zero attached hydrogens (tertiary/aromatic N) is 2. The molecule has 108 valence electrons. The molecule has 0 bridgehead atoms. The predicted molar refractivity (Wildman–Crippen MR) is 75.2 cm³/mol. The van der Waals surface area contributed by atoms with Crippen molar-refractivity contribution in [2.24, 2.45) is 5.92 Å². The molecule has 5 heteroatoms. The van der Waals surface area contributed by atoms with Crippen LogP contribution in [0.2, 0.25) is 0 Å². The summed E-state index contributed by atoms with van der Waals surface area (Å²) in [5, 5.41) is 3.33. The van der Waals surface area contributed by atoms with E-state index in [-0.39, 0.29) is 6.10 Å². The Kier molecular flexibility index (Phi) is 7.36. The van der Waals surface area contributed by atoms with E-state index in [1.54, 1.807) is 12.4 Å². The summed E-state index contributed by atoms with van der Waals surface area (Å²) < 4.78 is 11.0. The monoisotopic (exact) mass is 267 g/mol. The molecule has 1 heterocycles. The fourth-order valence-electron chi connectivity index (χ4n) is 1.54. The summed E-state index contributed by atoms with van der Waals surface area (Å²) >= 11 is 0. The standard InChI is InChI=1S/C14H25N3O2/c1-5-18-10-12(4)19-14-9-16-8-13(17-14)7-15-6-11(2)3/h8-9,11-12,15H,5-7,10H2,1-4H3. The lowest BCUT2D eigenvalue weighted by molar-refractivity contribution is 0.0630. The van der Waals surface area contributed by atoms with Gasteiger partial charge in [0.1, 0.15) is 6.10 Å². The number of ether oxygens (including phenoxy) is 2. The van der Waals surface area contributed by atoms with Crippen LogP contribution >= 0.6 is 0 Å². The van der Waals surface area contributed by atoms with E-state index >= 15 is 0 Å². The van der Waals surface area contributed by atoms with Gasteiger partial charge in [-0.3, -0.25) is 4.98 Å². The third-order valence-electron chi connectivity index (χ3n) is 2.40. The average Bonchev–Trinajstić information content (AvgIpc) is 2.36. The van der Waals surface area contributed by atoms with E-state index in [2.05, 4.69) is 29.1 Å². The number of hydrogen-bond acceptors (Lipinski definition) is 5. The van der Waals surface area contributed by atoms with Gasteiger partial charge in [-0.2, -0.15) is 0 Å². The van der Waals surface area contributed by atoms with Crippen molar-refractivity contribution >= 4 is 0 Å². The molecule has 1 aromatic heterocycles. The van der Waals surface area contributed by atoms with Gasteiger partial charge in [0.05, 0.1) is 18.5 Å². The Balaban J connectivity index is 2.42. The van der Waals surface area contributed by atoms with Crippen molar-refractivity contribution in [2.45, 2.75) is 40.3 Å². The summed E-state index contributed by atoms with van der Waals surface area (Å²) in [6.45, 7) is 11.2. The Morgan fingerprint density at radius 2 is 2.05 bits per heavy atom. The van der Waals surface area contributed by atoms with Gasteiger partial charge in [0.25, 0.3) is 0 Å². The largest absolute Gasteiger partial charge is 0.471 e. The van der Waals surface area contributed by atoms with Gasteiger partial charge < -0.3 is 14.8 Å². The first kappa shape index (κ1) is 15.9. The molecular formula is C14H25N3O2. The Morgan fingerprint density at radius 3 is 2.74 bits per heavy atom. The van der Waals surface area contributed by atoms with Crippen LogP contribution < -0.4 is 10.1 Å². The smallest absolute Gasteiger partial charge is 0.232 e. The van der Waals surface area contributed by atoms with E-state index in [1.165, 1.54) is 0 Å². The molecule has 0 aromatic carbocycles. The highest BCUT2D eigenvalue weighted by Gasteiger charge is 2.06. The molecule has 0 amide bonds. The summed E-state index contributed by atoms with van der Waals surface area (Å²) in [6.07, 6.45) is 3.37. The maximum atomic E-state index is 5.66. The van der Waals surface area contributed by atoms with Crippen LogP contribution in [0.25, 0.3) is 0 Å². The highest BCUT2D eigenvalue weighted by Crippen LogP contribution is 2.08. The molecule has 0 aliphatic rings. The lowest BCUT2D eigenvalue weighted by atomic mass is 10.2. The van der Waals surface area contributed by atoms with Crippen molar-refractivity contribution in [1.29, 1.82) is 0 Å². The molecule has 0 spiro atoms. The van der Waals surface area contributed by atoms with Crippen LogP contribution in [-0.4, -0.2) is 35.8 Å². The summed E-state index contributed by atoms with van der Waals surface area (Å²) in [5.74, 6) is 1.18. The van der Waals surface area contributed by atoms with Crippen LogP contribution in [0, 0.1) is 5.92 Å². The molecule has 0 aliphatic carbocycles. The van der Waals surface area contributed by atoms with Crippen LogP contribution in [-0.2, 0) is 11.3 Å². The van der Waals surface area contributed by atoms with E-state index in [0.29, 0.717) is 31.6 Å². The van der Waals surface area contributed by atoms with Crippen molar-refractivity contribution in [3.63, 3.8) is 0 Å². The first-order valence-electron chi connectivity index (χ1n) is 6.87. The average molecular weight is 267 g/mol. The first-order chi connectivity index (χ1) is 9.11. The lowest BCUT2D eigenvalue weighted by Gasteiger charge is -2.14. The van der Waals surface area contributed by atoms with E-state index in [1.807, 2.05) is 13.8 Å². The Morgan fingerprint density at radius 1 is 1.26 bits per heavy atom. The van der Waals surface area contributed by atoms with Crippen LogP contribution in [0.15, 0.2) is 12.4 Å². The minimum absolute atomic E-state index is 0.0203. The summed E-state index contributed by atoms with van der Waals surface area (Å²) in [5.41, 5.74) is 0.891. The zero-order valence-electron chi connectivity index (χ0n) is 12.3. The van der Waals surface area contributed by atoms with Crippen molar-refractivity contribution in [3.05, 3.63) is 18.1 Å². The third kappa shape index (κ3) is 7.08. The quantitative estimate of drug-likeness (QED) is 0.742. The maximum Gasteiger partial charge on any atom is 0.232 e. The van der Waals surface area contributed by atoms with E-state index in [0.717, 1.165) is 12.2 Å². The highest BCUT2D eigenvalue weighted by molar-refractivity contribution is 5.08. The lowest BCUT2D eigenvalue weighted by Crippen LogP contribution is -2.21. The number of hydrogen-bond donors (Lipinski definition) is 1. The summed E-state index contributed by atoms with van der Waals surface area (Å²) in [6, 6.07) is 0. The van der Waals surface area contributed by atoms with Gasteiger partial charge in [0, 0.05) is 19.3 Å². The van der Waals surface area contributed by atoms with Gasteiger partial charge in [0.2, 0.25) is 5.88 Å². The molecule has 1 aromatic rings. The molecule has 1 N–H and O–H groups in total. The molecule has 19 heavy (non-hydrogen) atoms. The number of aromatic nitrogens is 2. The van der Waals surface area contributed by atoms with E-state index in [4.69, 9.17) is 9.47 Å². The Bertz CT molecular complexity index is 358. The molecule has 0 fully saturated rings. The van der Waals surface area contributed by atoms with Crippen molar-refractivity contribution < 1.29 is 9.47 Å². The van der Waals surface area contributed by atoms with E-state index in [9.17, 15) is 0 Å². The molecule has 0 saturated heterocycles. The molecular weight excluding hydrogens is 242 g/mol. The highest BCUT2D eigenvalue weighted by atomic mass is 16.5. The number of nitrogens with one attached hydrogen (secondary N) is 1. The van der Waals surface area contributed by atoms with Gasteiger partial charge in [-0.25, -0.2) is 4.98 Å². The second-order valence-corrected chi connectivity index (χ2v) is 4.96. The predicted octanol–water partition coefficient (Wildman–Crippen LogP) is 2.03.